The first-order valence-electron chi connectivity index (χ1n) is 8.49. The van der Waals surface area contributed by atoms with Crippen molar-refractivity contribution in [2.45, 2.75) is 18.2 Å². The molecule has 27 heavy (non-hydrogen) atoms. The molecule has 0 aliphatic heterocycles. The number of primary sulfonamides is 1. The number of amides is 1. The number of benzene rings is 3. The van der Waals surface area contributed by atoms with Gasteiger partial charge in [-0.15, -0.1) is 0 Å². The molecule has 1 aliphatic carbocycles. The number of carbonyl (C=O) groups excluding carboxylic acids is 1. The largest absolute Gasteiger partial charge is 0.322 e. The van der Waals surface area contributed by atoms with Gasteiger partial charge in [0.1, 0.15) is 0 Å². The number of carbonyl (C=O) groups is 1. The zero-order valence-electron chi connectivity index (χ0n) is 14.7. The van der Waals surface area contributed by atoms with Gasteiger partial charge in [0, 0.05) is 11.3 Å². The van der Waals surface area contributed by atoms with Gasteiger partial charge in [0.15, 0.2) is 0 Å². The van der Waals surface area contributed by atoms with Gasteiger partial charge in [0.25, 0.3) is 5.91 Å². The van der Waals surface area contributed by atoms with Crippen molar-refractivity contribution in [2.75, 3.05) is 5.32 Å². The van der Waals surface area contributed by atoms with Crippen molar-refractivity contribution in [2.24, 2.45) is 5.14 Å². The Morgan fingerprint density at radius 2 is 1.70 bits per heavy atom. The highest BCUT2D eigenvalue weighted by atomic mass is 32.2. The van der Waals surface area contributed by atoms with Crippen molar-refractivity contribution in [1.29, 1.82) is 0 Å². The molecule has 5 nitrogen and oxygen atoms in total. The molecule has 1 amide bonds. The van der Waals surface area contributed by atoms with Gasteiger partial charge in [-0.2, -0.15) is 0 Å². The van der Waals surface area contributed by atoms with Crippen LogP contribution < -0.4 is 10.5 Å². The quantitative estimate of drug-likeness (QED) is 0.572. The molecule has 4 rings (SSSR count). The van der Waals surface area contributed by atoms with E-state index in [4.69, 9.17) is 5.14 Å². The molecule has 3 aromatic rings. The van der Waals surface area contributed by atoms with E-state index in [1.165, 1.54) is 17.2 Å². The van der Waals surface area contributed by atoms with E-state index in [0.29, 0.717) is 16.8 Å². The van der Waals surface area contributed by atoms with Crippen LogP contribution in [0.4, 0.5) is 5.69 Å². The Morgan fingerprint density at radius 3 is 2.48 bits per heavy atom. The van der Waals surface area contributed by atoms with E-state index in [0.717, 1.165) is 17.5 Å². The molecule has 0 saturated heterocycles. The molecule has 0 aromatic heterocycles. The molecule has 0 unspecified atom stereocenters. The standard InChI is InChI=1S/C21H18N2O3S/c1-13-6-8-17(12-20(13)27(22,25)26)23-21(24)15-7-9-19-16(11-15)10-14-4-2-3-5-18(14)19/h2-9,11-12H,10H2,1H3,(H,23,24)(H2,22,25,26). The van der Waals surface area contributed by atoms with Crippen molar-refractivity contribution < 1.29 is 13.2 Å². The predicted molar refractivity (Wildman–Crippen MR) is 105 cm³/mol. The highest BCUT2D eigenvalue weighted by Gasteiger charge is 2.20. The molecule has 0 saturated carbocycles. The number of nitrogens with two attached hydrogens (primary N) is 1. The Morgan fingerprint density at radius 1 is 0.963 bits per heavy atom. The Kier molecular flexibility index (Phi) is 4.09. The first kappa shape index (κ1) is 17.5. The Balaban J connectivity index is 1.61. The van der Waals surface area contributed by atoms with Crippen molar-refractivity contribution in [1.82, 2.24) is 0 Å². The fourth-order valence-electron chi connectivity index (χ4n) is 3.47. The van der Waals surface area contributed by atoms with Crippen molar-refractivity contribution in [3.8, 4) is 11.1 Å². The van der Waals surface area contributed by atoms with Gasteiger partial charge >= 0.3 is 0 Å². The predicted octanol–water partition coefficient (Wildman–Crippen LogP) is 3.47. The normalized spacial score (nSPS) is 12.4. The molecular formula is C21H18N2O3S. The Labute approximate surface area is 157 Å². The van der Waals surface area contributed by atoms with E-state index in [1.54, 1.807) is 25.1 Å². The number of rotatable bonds is 3. The van der Waals surface area contributed by atoms with Crippen LogP contribution in [0.5, 0.6) is 0 Å². The molecule has 0 heterocycles. The van der Waals surface area contributed by atoms with Crippen LogP contribution in [-0.4, -0.2) is 14.3 Å². The monoisotopic (exact) mass is 378 g/mol. The lowest BCUT2D eigenvalue weighted by molar-refractivity contribution is 0.102. The van der Waals surface area contributed by atoms with Crippen LogP contribution in [0.1, 0.15) is 27.0 Å². The maximum Gasteiger partial charge on any atom is 0.255 e. The van der Waals surface area contributed by atoms with E-state index in [-0.39, 0.29) is 10.8 Å². The molecule has 3 aromatic carbocycles. The SMILES string of the molecule is Cc1ccc(NC(=O)c2ccc3c(c2)Cc2ccccc2-3)cc1S(N)(=O)=O. The number of nitrogens with one attached hydrogen (secondary N) is 1. The lowest BCUT2D eigenvalue weighted by atomic mass is 10.0. The van der Waals surface area contributed by atoms with E-state index < -0.39 is 10.0 Å². The summed E-state index contributed by atoms with van der Waals surface area (Å²) >= 11 is 0. The fourth-order valence-corrected chi connectivity index (χ4v) is 4.28. The number of hydrogen-bond donors (Lipinski definition) is 2. The van der Waals surface area contributed by atoms with Crippen molar-refractivity contribution in [3.05, 3.63) is 82.9 Å². The zero-order valence-corrected chi connectivity index (χ0v) is 15.5. The number of hydrogen-bond acceptors (Lipinski definition) is 3. The van der Waals surface area contributed by atoms with E-state index in [2.05, 4.69) is 17.4 Å². The molecule has 1 aliphatic rings. The Hall–Kier alpha value is -2.96. The molecule has 0 fully saturated rings. The third-order valence-electron chi connectivity index (χ3n) is 4.81. The van der Waals surface area contributed by atoms with Crippen LogP contribution in [-0.2, 0) is 16.4 Å². The summed E-state index contributed by atoms with van der Waals surface area (Å²) in [4.78, 5) is 12.6. The molecular weight excluding hydrogens is 360 g/mol. The molecule has 6 heteroatoms. The van der Waals surface area contributed by atoms with Gasteiger partial charge in [0.05, 0.1) is 4.90 Å². The lowest BCUT2D eigenvalue weighted by Gasteiger charge is -2.10. The minimum absolute atomic E-state index is 0.00435. The van der Waals surface area contributed by atoms with Gasteiger partial charge in [-0.1, -0.05) is 36.4 Å². The second-order valence-corrected chi connectivity index (χ2v) is 8.22. The fraction of sp³-hybridized carbons (Fsp3) is 0.0952. The van der Waals surface area contributed by atoms with E-state index >= 15 is 0 Å². The molecule has 0 spiro atoms. The van der Waals surface area contributed by atoms with E-state index in [1.807, 2.05) is 24.3 Å². The summed E-state index contributed by atoms with van der Waals surface area (Å²) in [5.74, 6) is -0.294. The van der Waals surface area contributed by atoms with Gasteiger partial charge in [0.2, 0.25) is 10.0 Å². The second-order valence-electron chi connectivity index (χ2n) is 6.69. The highest BCUT2D eigenvalue weighted by molar-refractivity contribution is 7.89. The third-order valence-corrected chi connectivity index (χ3v) is 5.86. The molecule has 136 valence electrons. The number of fused-ring (bicyclic) bond motifs is 3. The molecule has 3 N–H and O–H groups in total. The molecule has 0 radical (unpaired) electrons. The van der Waals surface area contributed by atoms with Crippen LogP contribution in [0.2, 0.25) is 0 Å². The number of anilines is 1. The van der Waals surface area contributed by atoms with Crippen LogP contribution in [0.25, 0.3) is 11.1 Å². The van der Waals surface area contributed by atoms with E-state index in [9.17, 15) is 13.2 Å². The zero-order chi connectivity index (χ0) is 19.2. The number of sulfonamides is 1. The minimum atomic E-state index is -3.85. The summed E-state index contributed by atoms with van der Waals surface area (Å²) in [7, 11) is -3.85. The highest BCUT2D eigenvalue weighted by Crippen LogP contribution is 2.36. The van der Waals surface area contributed by atoms with Crippen LogP contribution >= 0.6 is 0 Å². The van der Waals surface area contributed by atoms with Crippen LogP contribution in [0, 0.1) is 6.92 Å². The topological polar surface area (TPSA) is 89.3 Å². The van der Waals surface area contributed by atoms with Gasteiger partial charge < -0.3 is 5.32 Å². The Bertz CT molecular complexity index is 1180. The van der Waals surface area contributed by atoms with Gasteiger partial charge in [-0.3, -0.25) is 4.79 Å². The third kappa shape index (κ3) is 3.25. The van der Waals surface area contributed by atoms with Gasteiger partial charge in [-0.05, 0) is 65.4 Å². The molecule has 0 atom stereocenters. The molecule has 0 bridgehead atoms. The second kappa shape index (κ2) is 6.33. The average molecular weight is 378 g/mol. The summed E-state index contributed by atoms with van der Waals surface area (Å²) in [5.41, 5.74) is 6.16. The first-order valence-corrected chi connectivity index (χ1v) is 10.0. The maximum atomic E-state index is 12.6. The summed E-state index contributed by atoms with van der Waals surface area (Å²) in [6, 6.07) is 18.5. The van der Waals surface area contributed by atoms with Crippen LogP contribution in [0.3, 0.4) is 0 Å². The average Bonchev–Trinajstić information content (AvgIpc) is 3.00. The minimum Gasteiger partial charge on any atom is -0.322 e. The van der Waals surface area contributed by atoms with Gasteiger partial charge in [-0.25, -0.2) is 13.6 Å². The van der Waals surface area contributed by atoms with Crippen molar-refractivity contribution >= 4 is 21.6 Å². The van der Waals surface area contributed by atoms with Crippen LogP contribution in [0.15, 0.2) is 65.6 Å². The first-order chi connectivity index (χ1) is 12.8. The summed E-state index contributed by atoms with van der Waals surface area (Å²) in [5, 5.41) is 7.98. The smallest absolute Gasteiger partial charge is 0.255 e. The van der Waals surface area contributed by atoms with Crippen molar-refractivity contribution in [3.63, 3.8) is 0 Å². The summed E-state index contributed by atoms with van der Waals surface area (Å²) in [6.07, 6.45) is 0.798. The number of aryl methyl sites for hydroxylation is 1. The summed E-state index contributed by atoms with van der Waals surface area (Å²) in [6.45, 7) is 1.66. The lowest BCUT2D eigenvalue weighted by Crippen LogP contribution is -2.16. The maximum absolute atomic E-state index is 12.6. The summed E-state index contributed by atoms with van der Waals surface area (Å²) < 4.78 is 23.3.